The van der Waals surface area contributed by atoms with Crippen molar-refractivity contribution in [2.45, 2.75) is 25.9 Å². The number of nitrogens with one attached hydrogen (secondary N) is 3. The quantitative estimate of drug-likeness (QED) is 0.788. The molecule has 1 saturated heterocycles. The molecule has 3 heterocycles. The number of pyridine rings is 1. The van der Waals surface area contributed by atoms with Crippen molar-refractivity contribution >= 4 is 23.2 Å². The Hall–Kier alpha value is -1.96. The van der Waals surface area contributed by atoms with Gasteiger partial charge in [0.05, 0.1) is 34.9 Å². The number of morpholine rings is 1. The van der Waals surface area contributed by atoms with Gasteiger partial charge >= 0.3 is 0 Å². The summed E-state index contributed by atoms with van der Waals surface area (Å²) in [6, 6.07) is 3.65. The Kier molecular flexibility index (Phi) is 5.13. The first-order valence-corrected chi connectivity index (χ1v) is 8.27. The van der Waals surface area contributed by atoms with Crippen molar-refractivity contribution in [3.63, 3.8) is 0 Å². The molecule has 1 aliphatic heterocycles. The lowest BCUT2D eigenvalue weighted by Crippen LogP contribution is -2.33. The molecule has 7 nitrogen and oxygen atoms in total. The third-order valence-electron chi connectivity index (χ3n) is 3.81. The van der Waals surface area contributed by atoms with E-state index in [0.29, 0.717) is 23.0 Å². The van der Waals surface area contributed by atoms with Crippen LogP contribution < -0.4 is 10.6 Å². The Morgan fingerprint density at radius 3 is 2.88 bits per heavy atom. The lowest BCUT2D eigenvalue weighted by molar-refractivity contribution is 0.0250. The monoisotopic (exact) mass is 349 g/mol. The molecule has 8 heteroatoms. The van der Waals surface area contributed by atoms with E-state index in [1.165, 1.54) is 0 Å². The molecule has 128 valence electrons. The van der Waals surface area contributed by atoms with Crippen molar-refractivity contribution in [2.24, 2.45) is 0 Å². The van der Waals surface area contributed by atoms with E-state index in [4.69, 9.17) is 16.3 Å². The molecule has 24 heavy (non-hydrogen) atoms. The number of rotatable bonds is 4. The number of carbonyl (C=O) groups is 1. The predicted molar refractivity (Wildman–Crippen MR) is 91.4 cm³/mol. The van der Waals surface area contributed by atoms with E-state index in [1.807, 2.05) is 19.9 Å². The summed E-state index contributed by atoms with van der Waals surface area (Å²) < 4.78 is 5.65. The molecule has 0 bridgehead atoms. The number of aromatic amines is 1. The molecule has 2 aromatic heterocycles. The second-order valence-electron chi connectivity index (χ2n) is 5.94. The standard InChI is InChI=1S/C16H20ClN5O2/c1-9(2)14-13(17)15(22-21-14)16(23)20-10-3-4-11(19-7-10)12-8-18-5-6-24-12/h3-4,7,9,12,18H,5-6,8H2,1-2H3,(H,20,23)(H,21,22)/t12-/m0/s1. The summed E-state index contributed by atoms with van der Waals surface area (Å²) in [4.78, 5) is 16.7. The third-order valence-corrected chi connectivity index (χ3v) is 4.19. The second-order valence-corrected chi connectivity index (χ2v) is 6.32. The molecule has 0 saturated carbocycles. The van der Waals surface area contributed by atoms with E-state index in [9.17, 15) is 4.79 Å². The highest BCUT2D eigenvalue weighted by Crippen LogP contribution is 2.25. The van der Waals surface area contributed by atoms with E-state index >= 15 is 0 Å². The largest absolute Gasteiger partial charge is 0.369 e. The maximum atomic E-state index is 12.3. The molecule has 3 N–H and O–H groups in total. The first-order valence-electron chi connectivity index (χ1n) is 7.89. The highest BCUT2D eigenvalue weighted by molar-refractivity contribution is 6.34. The van der Waals surface area contributed by atoms with Gasteiger partial charge in [0.1, 0.15) is 11.8 Å². The molecule has 0 aromatic carbocycles. The minimum absolute atomic E-state index is 0.0563. The molecule has 1 atom stereocenters. The van der Waals surface area contributed by atoms with Crippen molar-refractivity contribution in [1.29, 1.82) is 0 Å². The van der Waals surface area contributed by atoms with Crippen LogP contribution in [0, 0.1) is 0 Å². The molecule has 0 unspecified atom stereocenters. The van der Waals surface area contributed by atoms with Crippen molar-refractivity contribution in [2.75, 3.05) is 25.0 Å². The topological polar surface area (TPSA) is 91.9 Å². The summed E-state index contributed by atoms with van der Waals surface area (Å²) in [5.41, 5.74) is 2.35. The van der Waals surface area contributed by atoms with Crippen molar-refractivity contribution < 1.29 is 9.53 Å². The van der Waals surface area contributed by atoms with Gasteiger partial charge in [-0.25, -0.2) is 0 Å². The van der Waals surface area contributed by atoms with Crippen LogP contribution in [0.3, 0.4) is 0 Å². The van der Waals surface area contributed by atoms with Gasteiger partial charge in [-0.1, -0.05) is 25.4 Å². The van der Waals surface area contributed by atoms with Crippen LogP contribution in [0.15, 0.2) is 18.3 Å². The predicted octanol–water partition coefficient (Wildman–Crippen LogP) is 2.49. The molecule has 0 radical (unpaired) electrons. The fraction of sp³-hybridized carbons (Fsp3) is 0.438. The van der Waals surface area contributed by atoms with Gasteiger partial charge in [0.2, 0.25) is 0 Å². The maximum Gasteiger partial charge on any atom is 0.275 e. The summed E-state index contributed by atoms with van der Waals surface area (Å²) in [5, 5.41) is 13.2. The van der Waals surface area contributed by atoms with Gasteiger partial charge in [-0.05, 0) is 18.1 Å². The summed E-state index contributed by atoms with van der Waals surface area (Å²) in [7, 11) is 0. The van der Waals surface area contributed by atoms with Crippen LogP contribution in [0.25, 0.3) is 0 Å². The molecule has 1 amide bonds. The van der Waals surface area contributed by atoms with E-state index in [2.05, 4.69) is 25.8 Å². The number of halogens is 1. The van der Waals surface area contributed by atoms with Crippen molar-refractivity contribution in [1.82, 2.24) is 20.5 Å². The number of carbonyl (C=O) groups excluding carboxylic acids is 1. The highest BCUT2D eigenvalue weighted by Gasteiger charge is 2.20. The van der Waals surface area contributed by atoms with Gasteiger partial charge in [0.15, 0.2) is 0 Å². The number of H-pyrrole nitrogens is 1. The van der Waals surface area contributed by atoms with Crippen molar-refractivity contribution in [3.8, 4) is 0 Å². The minimum Gasteiger partial charge on any atom is -0.369 e. The number of nitrogens with zero attached hydrogens (tertiary/aromatic N) is 2. The smallest absolute Gasteiger partial charge is 0.275 e. The lowest BCUT2D eigenvalue weighted by atomic mass is 10.1. The first-order chi connectivity index (χ1) is 11.6. The Bertz CT molecular complexity index is 708. The molecule has 1 aliphatic rings. The van der Waals surface area contributed by atoms with E-state index in [-0.39, 0.29) is 23.6 Å². The highest BCUT2D eigenvalue weighted by atomic mass is 35.5. The number of ether oxygens (including phenoxy) is 1. The zero-order valence-corrected chi connectivity index (χ0v) is 14.4. The molecule has 3 rings (SSSR count). The summed E-state index contributed by atoms with van der Waals surface area (Å²) >= 11 is 6.21. The zero-order chi connectivity index (χ0) is 17.1. The normalized spacial score (nSPS) is 17.9. The first kappa shape index (κ1) is 16.9. The number of hydrogen-bond donors (Lipinski definition) is 3. The van der Waals surface area contributed by atoms with E-state index in [1.54, 1.807) is 12.3 Å². The Morgan fingerprint density at radius 2 is 2.29 bits per heavy atom. The van der Waals surface area contributed by atoms with Crippen molar-refractivity contribution in [3.05, 3.63) is 40.4 Å². The zero-order valence-electron chi connectivity index (χ0n) is 13.6. The van der Waals surface area contributed by atoms with Crippen LogP contribution in [0.2, 0.25) is 5.02 Å². The Labute approximate surface area is 145 Å². The second kappa shape index (κ2) is 7.29. The van der Waals surface area contributed by atoms with Gasteiger partial charge in [0, 0.05) is 13.1 Å². The minimum atomic E-state index is -0.343. The summed E-state index contributed by atoms with van der Waals surface area (Å²) in [6.45, 7) is 6.19. The average Bonchev–Trinajstić information content (AvgIpc) is 2.98. The van der Waals surface area contributed by atoms with Gasteiger partial charge in [-0.2, -0.15) is 5.10 Å². The number of anilines is 1. The van der Waals surface area contributed by atoms with Gasteiger partial charge in [0.25, 0.3) is 5.91 Å². The number of amides is 1. The van der Waals surface area contributed by atoms with Crippen LogP contribution >= 0.6 is 11.6 Å². The molecule has 1 fully saturated rings. The summed E-state index contributed by atoms with van der Waals surface area (Å²) in [5.74, 6) is -0.204. The van der Waals surface area contributed by atoms with Gasteiger partial charge in [-0.15, -0.1) is 0 Å². The molecular weight excluding hydrogens is 330 g/mol. The Balaban J connectivity index is 1.68. The Morgan fingerprint density at radius 1 is 1.46 bits per heavy atom. The summed E-state index contributed by atoms with van der Waals surface area (Å²) in [6.07, 6.45) is 1.55. The average molecular weight is 350 g/mol. The fourth-order valence-electron chi connectivity index (χ4n) is 2.49. The molecule has 2 aromatic rings. The number of aromatic nitrogens is 3. The SMILES string of the molecule is CC(C)c1n[nH]c(C(=O)Nc2ccc([C@@H]3CNCCO3)nc2)c1Cl. The third kappa shape index (κ3) is 3.58. The molecule has 0 aliphatic carbocycles. The molecular formula is C16H20ClN5O2. The van der Waals surface area contributed by atoms with Crippen LogP contribution in [-0.2, 0) is 4.74 Å². The maximum absolute atomic E-state index is 12.3. The molecule has 0 spiro atoms. The van der Waals surface area contributed by atoms with Gasteiger partial charge in [-0.3, -0.25) is 14.9 Å². The van der Waals surface area contributed by atoms with Crippen LogP contribution in [0.4, 0.5) is 5.69 Å². The van der Waals surface area contributed by atoms with Crippen LogP contribution in [-0.4, -0.2) is 40.8 Å². The van der Waals surface area contributed by atoms with Crippen LogP contribution in [0.1, 0.15) is 47.7 Å². The fourth-order valence-corrected chi connectivity index (χ4v) is 2.88. The van der Waals surface area contributed by atoms with Gasteiger partial charge < -0.3 is 15.4 Å². The van der Waals surface area contributed by atoms with E-state index in [0.717, 1.165) is 18.8 Å². The van der Waals surface area contributed by atoms with E-state index < -0.39 is 0 Å². The lowest BCUT2D eigenvalue weighted by Gasteiger charge is -2.23. The van der Waals surface area contributed by atoms with Crippen LogP contribution in [0.5, 0.6) is 0 Å². The number of hydrogen-bond acceptors (Lipinski definition) is 5.